The summed E-state index contributed by atoms with van der Waals surface area (Å²) >= 11 is 1.25. The maximum Gasteiger partial charge on any atom is 0.274 e. The molecule has 0 aromatic carbocycles. The Morgan fingerprint density at radius 2 is 2.22 bits per heavy atom. The minimum Gasteiger partial charge on any atom is -0.366 e. The van der Waals surface area contributed by atoms with E-state index in [1.165, 1.54) is 16.0 Å². The smallest absolute Gasteiger partial charge is 0.274 e. The van der Waals surface area contributed by atoms with Gasteiger partial charge in [0.2, 0.25) is 0 Å². The fourth-order valence-corrected chi connectivity index (χ4v) is 2.42. The zero-order valence-electron chi connectivity index (χ0n) is 9.93. The van der Waals surface area contributed by atoms with Crippen LogP contribution in [-0.4, -0.2) is 21.6 Å². The molecule has 2 heterocycles. The molecular weight excluding hydrogens is 252 g/mol. The topological polar surface area (TPSA) is 90.0 Å². The van der Waals surface area contributed by atoms with Crippen molar-refractivity contribution in [3.8, 4) is 0 Å². The third-order valence-corrected chi connectivity index (χ3v) is 3.32. The van der Waals surface area contributed by atoms with Gasteiger partial charge in [-0.05, 0) is 23.9 Å². The van der Waals surface area contributed by atoms with Crippen LogP contribution in [0.1, 0.15) is 26.4 Å². The minimum absolute atomic E-state index is 0.308. The Morgan fingerprint density at radius 3 is 2.78 bits per heavy atom. The fraction of sp³-hybridized carbons (Fsp3) is 0.182. The van der Waals surface area contributed by atoms with Crippen LogP contribution in [0.4, 0.5) is 5.00 Å². The monoisotopic (exact) mass is 264 g/mol. The first-order valence-electron chi connectivity index (χ1n) is 5.18. The van der Waals surface area contributed by atoms with Gasteiger partial charge in [0.1, 0.15) is 10.7 Å². The summed E-state index contributed by atoms with van der Waals surface area (Å²) in [4.78, 5) is 23.2. The third kappa shape index (κ3) is 2.12. The van der Waals surface area contributed by atoms with Crippen molar-refractivity contribution >= 4 is 28.2 Å². The normalized spacial score (nSPS) is 10.3. The van der Waals surface area contributed by atoms with Gasteiger partial charge < -0.3 is 11.1 Å². The van der Waals surface area contributed by atoms with E-state index in [9.17, 15) is 9.59 Å². The molecule has 0 unspecified atom stereocenters. The second kappa shape index (κ2) is 4.61. The Bertz CT molecular complexity index is 595. The molecule has 6 nitrogen and oxygen atoms in total. The Balaban J connectivity index is 2.27. The summed E-state index contributed by atoms with van der Waals surface area (Å²) in [5, 5.41) is 8.82. The molecule has 18 heavy (non-hydrogen) atoms. The number of anilines is 1. The molecule has 2 aromatic heterocycles. The van der Waals surface area contributed by atoms with Gasteiger partial charge >= 0.3 is 0 Å². The predicted molar refractivity (Wildman–Crippen MR) is 68.7 cm³/mol. The van der Waals surface area contributed by atoms with Gasteiger partial charge in [0.05, 0.1) is 11.8 Å². The Hall–Kier alpha value is -2.15. The highest BCUT2D eigenvalue weighted by molar-refractivity contribution is 7.14. The summed E-state index contributed by atoms with van der Waals surface area (Å²) in [7, 11) is 1.69. The Morgan fingerprint density at radius 1 is 1.50 bits per heavy atom. The van der Waals surface area contributed by atoms with Crippen LogP contribution in [0.3, 0.4) is 0 Å². The molecule has 0 aliphatic heterocycles. The van der Waals surface area contributed by atoms with E-state index < -0.39 is 5.91 Å². The standard InChI is InChI=1S/C11H12N4O2S/c1-6-5-13-15(2)8(6)10(17)14-11-7(9(12)16)3-4-18-11/h3-5H,1-2H3,(H2,12,16)(H,14,17). The largest absolute Gasteiger partial charge is 0.366 e. The molecule has 2 amide bonds. The van der Waals surface area contributed by atoms with Crippen molar-refractivity contribution in [2.45, 2.75) is 6.92 Å². The molecule has 0 spiro atoms. The van der Waals surface area contributed by atoms with Crippen molar-refractivity contribution in [1.82, 2.24) is 9.78 Å². The van der Waals surface area contributed by atoms with Crippen LogP contribution >= 0.6 is 11.3 Å². The number of nitrogens with two attached hydrogens (primary N) is 1. The van der Waals surface area contributed by atoms with Gasteiger partial charge in [-0.15, -0.1) is 11.3 Å². The number of amides is 2. The van der Waals surface area contributed by atoms with E-state index in [1.807, 2.05) is 0 Å². The minimum atomic E-state index is -0.562. The number of hydrogen-bond acceptors (Lipinski definition) is 4. The van der Waals surface area contributed by atoms with E-state index in [0.717, 1.165) is 5.56 Å². The molecular formula is C11H12N4O2S. The van der Waals surface area contributed by atoms with Crippen LogP contribution in [0.5, 0.6) is 0 Å². The first-order chi connectivity index (χ1) is 8.50. The number of carbonyl (C=O) groups excluding carboxylic acids is 2. The lowest BCUT2D eigenvalue weighted by Crippen LogP contribution is -2.19. The molecule has 3 N–H and O–H groups in total. The second-order valence-corrected chi connectivity index (χ2v) is 4.70. The number of primary amides is 1. The predicted octanol–water partition coefficient (Wildman–Crippen LogP) is 1.14. The Kier molecular flexibility index (Phi) is 3.15. The van der Waals surface area contributed by atoms with E-state index in [0.29, 0.717) is 16.3 Å². The maximum atomic E-state index is 12.1. The summed E-state index contributed by atoms with van der Waals surface area (Å²) in [5.41, 5.74) is 6.75. The summed E-state index contributed by atoms with van der Waals surface area (Å²) in [6.45, 7) is 1.80. The highest BCUT2D eigenvalue weighted by Gasteiger charge is 2.17. The molecule has 0 saturated heterocycles. The molecule has 0 bridgehead atoms. The second-order valence-electron chi connectivity index (χ2n) is 3.78. The molecule has 0 saturated carbocycles. The van der Waals surface area contributed by atoms with Crippen molar-refractivity contribution in [2.24, 2.45) is 12.8 Å². The summed E-state index contributed by atoms with van der Waals surface area (Å²) in [6, 6.07) is 1.58. The molecule has 0 aliphatic rings. The number of carbonyl (C=O) groups is 2. The summed E-state index contributed by atoms with van der Waals surface area (Å²) in [5.74, 6) is -0.870. The van der Waals surface area contributed by atoms with E-state index in [1.54, 1.807) is 31.6 Å². The number of rotatable bonds is 3. The number of nitrogens with zero attached hydrogens (tertiary/aromatic N) is 2. The van der Waals surface area contributed by atoms with E-state index in [2.05, 4.69) is 10.4 Å². The number of thiophene rings is 1. The molecule has 0 aliphatic carbocycles. The van der Waals surface area contributed by atoms with Crippen molar-refractivity contribution in [2.75, 3.05) is 5.32 Å². The number of aryl methyl sites for hydroxylation is 2. The first kappa shape index (κ1) is 12.3. The average molecular weight is 264 g/mol. The average Bonchev–Trinajstić information content (AvgIpc) is 2.86. The third-order valence-electron chi connectivity index (χ3n) is 2.49. The molecule has 2 aromatic rings. The molecule has 0 radical (unpaired) electrons. The van der Waals surface area contributed by atoms with Crippen molar-refractivity contribution < 1.29 is 9.59 Å². The van der Waals surface area contributed by atoms with Crippen LogP contribution in [0.15, 0.2) is 17.6 Å². The summed E-state index contributed by atoms with van der Waals surface area (Å²) < 4.78 is 1.49. The molecule has 0 fully saturated rings. The number of aromatic nitrogens is 2. The van der Waals surface area contributed by atoms with Crippen LogP contribution in [0.25, 0.3) is 0 Å². The van der Waals surface area contributed by atoms with Gasteiger partial charge in [-0.1, -0.05) is 0 Å². The molecule has 2 rings (SSSR count). The van der Waals surface area contributed by atoms with Crippen LogP contribution in [-0.2, 0) is 7.05 Å². The summed E-state index contributed by atoms with van der Waals surface area (Å²) in [6.07, 6.45) is 1.61. The lowest BCUT2D eigenvalue weighted by atomic mass is 10.2. The quantitative estimate of drug-likeness (QED) is 0.871. The zero-order chi connectivity index (χ0) is 13.3. The SMILES string of the molecule is Cc1cnn(C)c1C(=O)Nc1sccc1C(N)=O. The van der Waals surface area contributed by atoms with Gasteiger partial charge in [-0.2, -0.15) is 5.10 Å². The van der Waals surface area contributed by atoms with E-state index in [4.69, 9.17) is 5.73 Å². The van der Waals surface area contributed by atoms with Gasteiger partial charge in [0.15, 0.2) is 0 Å². The van der Waals surface area contributed by atoms with Crippen LogP contribution in [0.2, 0.25) is 0 Å². The van der Waals surface area contributed by atoms with Crippen molar-refractivity contribution in [3.63, 3.8) is 0 Å². The molecule has 7 heteroatoms. The molecule has 94 valence electrons. The van der Waals surface area contributed by atoms with Crippen molar-refractivity contribution in [3.05, 3.63) is 34.5 Å². The highest BCUT2D eigenvalue weighted by atomic mass is 32.1. The number of hydrogen-bond donors (Lipinski definition) is 2. The number of nitrogens with one attached hydrogen (secondary N) is 1. The van der Waals surface area contributed by atoms with Crippen LogP contribution < -0.4 is 11.1 Å². The fourth-order valence-electron chi connectivity index (χ4n) is 1.64. The highest BCUT2D eigenvalue weighted by Crippen LogP contribution is 2.23. The lowest BCUT2D eigenvalue weighted by molar-refractivity contribution is 0.100. The first-order valence-corrected chi connectivity index (χ1v) is 6.06. The van der Waals surface area contributed by atoms with E-state index in [-0.39, 0.29) is 5.91 Å². The molecule has 0 atom stereocenters. The van der Waals surface area contributed by atoms with Crippen LogP contribution in [0, 0.1) is 6.92 Å². The van der Waals surface area contributed by atoms with Gasteiger partial charge in [0, 0.05) is 7.05 Å². The van der Waals surface area contributed by atoms with Gasteiger partial charge in [0.25, 0.3) is 11.8 Å². The van der Waals surface area contributed by atoms with Gasteiger partial charge in [-0.25, -0.2) is 0 Å². The zero-order valence-corrected chi connectivity index (χ0v) is 10.7. The van der Waals surface area contributed by atoms with Gasteiger partial charge in [-0.3, -0.25) is 14.3 Å². The van der Waals surface area contributed by atoms with Crippen molar-refractivity contribution in [1.29, 1.82) is 0 Å². The van der Waals surface area contributed by atoms with E-state index >= 15 is 0 Å². The lowest BCUT2D eigenvalue weighted by Gasteiger charge is -2.05. The Labute approximate surface area is 107 Å². The maximum absolute atomic E-state index is 12.1.